The minimum Gasteiger partial charge on any atom is -0.380 e. The van der Waals surface area contributed by atoms with Crippen molar-refractivity contribution in [1.29, 1.82) is 0 Å². The molecule has 0 aromatic heterocycles. The van der Waals surface area contributed by atoms with Crippen LogP contribution in [-0.4, -0.2) is 28.0 Å². The molecule has 0 aliphatic carbocycles. The molecule has 152 valence electrons. The molecule has 0 saturated heterocycles. The molecule has 0 spiro atoms. The maximum absolute atomic E-state index is 12.7. The molecule has 0 heterocycles. The van der Waals surface area contributed by atoms with Crippen LogP contribution in [0, 0.1) is 5.92 Å². The number of halogens is 2. The number of methoxy groups -OCH3 is 1. The third-order valence-electron chi connectivity index (χ3n) is 3.73. The van der Waals surface area contributed by atoms with Crippen molar-refractivity contribution in [3.05, 3.63) is 57.6 Å². The van der Waals surface area contributed by atoms with Crippen LogP contribution in [0.1, 0.15) is 29.8 Å². The monoisotopic (exact) mass is 444 g/mol. The predicted octanol–water partition coefficient (Wildman–Crippen LogP) is 4.33. The molecule has 0 atom stereocenters. The number of hydrogen-bond acceptors (Lipinski definition) is 4. The number of nitrogens with one attached hydrogen (secondary N) is 2. The van der Waals surface area contributed by atoms with E-state index in [-0.39, 0.29) is 33.0 Å². The van der Waals surface area contributed by atoms with Crippen LogP contribution in [0.15, 0.2) is 41.3 Å². The molecular weight excluding hydrogens is 423 g/mol. The Morgan fingerprint density at radius 1 is 1.14 bits per heavy atom. The van der Waals surface area contributed by atoms with Crippen LogP contribution in [0.4, 0.5) is 5.69 Å². The summed E-state index contributed by atoms with van der Waals surface area (Å²) in [6.45, 7) is 4.40. The van der Waals surface area contributed by atoms with Gasteiger partial charge in [0.05, 0.1) is 22.2 Å². The highest BCUT2D eigenvalue weighted by molar-refractivity contribution is 7.89. The number of benzene rings is 2. The number of rotatable bonds is 8. The van der Waals surface area contributed by atoms with Crippen molar-refractivity contribution in [1.82, 2.24) is 4.72 Å². The van der Waals surface area contributed by atoms with Gasteiger partial charge >= 0.3 is 0 Å². The van der Waals surface area contributed by atoms with Crippen LogP contribution < -0.4 is 10.0 Å². The molecule has 0 bridgehead atoms. The lowest BCUT2D eigenvalue weighted by Crippen LogP contribution is -2.28. The molecule has 0 radical (unpaired) electrons. The van der Waals surface area contributed by atoms with E-state index in [1.54, 1.807) is 25.3 Å². The number of carbonyl (C=O) groups is 1. The first kappa shape index (κ1) is 22.6. The molecule has 0 aliphatic rings. The van der Waals surface area contributed by atoms with E-state index in [4.69, 9.17) is 27.9 Å². The van der Waals surface area contributed by atoms with Crippen molar-refractivity contribution in [3.63, 3.8) is 0 Å². The minimum absolute atomic E-state index is 0.00753. The molecule has 2 N–H and O–H groups in total. The minimum atomic E-state index is -3.88. The Hall–Kier alpha value is -1.64. The maximum Gasteiger partial charge on any atom is 0.257 e. The van der Waals surface area contributed by atoms with Gasteiger partial charge in [0.1, 0.15) is 4.90 Å². The highest BCUT2D eigenvalue weighted by atomic mass is 35.5. The molecule has 0 unspecified atom stereocenters. The Balaban J connectivity index is 2.32. The largest absolute Gasteiger partial charge is 0.380 e. The molecule has 0 fully saturated rings. The summed E-state index contributed by atoms with van der Waals surface area (Å²) < 4.78 is 32.6. The van der Waals surface area contributed by atoms with Crippen molar-refractivity contribution in [3.8, 4) is 0 Å². The van der Waals surface area contributed by atoms with Crippen molar-refractivity contribution < 1.29 is 17.9 Å². The summed E-state index contributed by atoms with van der Waals surface area (Å²) in [6, 6.07) is 9.54. The van der Waals surface area contributed by atoms with E-state index >= 15 is 0 Å². The fourth-order valence-electron chi connectivity index (χ4n) is 2.37. The number of hydrogen-bond donors (Lipinski definition) is 2. The number of amides is 1. The second-order valence-corrected chi connectivity index (χ2v) is 9.15. The van der Waals surface area contributed by atoms with Gasteiger partial charge in [-0.2, -0.15) is 0 Å². The van der Waals surface area contributed by atoms with Gasteiger partial charge in [-0.3, -0.25) is 4.79 Å². The molecule has 2 rings (SSSR count). The van der Waals surface area contributed by atoms with Crippen LogP contribution in [-0.2, 0) is 21.4 Å². The number of ether oxygens (including phenoxy) is 1. The summed E-state index contributed by atoms with van der Waals surface area (Å²) in [4.78, 5) is 12.5. The molecule has 2 aromatic carbocycles. The van der Waals surface area contributed by atoms with Gasteiger partial charge in [0.15, 0.2) is 0 Å². The molecule has 28 heavy (non-hydrogen) atoms. The summed E-state index contributed by atoms with van der Waals surface area (Å²) in [5, 5.41) is 2.71. The van der Waals surface area contributed by atoms with Crippen molar-refractivity contribution in [2.75, 3.05) is 19.0 Å². The van der Waals surface area contributed by atoms with E-state index in [9.17, 15) is 13.2 Å². The van der Waals surface area contributed by atoms with Crippen LogP contribution in [0.2, 0.25) is 10.0 Å². The molecule has 0 saturated carbocycles. The van der Waals surface area contributed by atoms with Gasteiger partial charge in [0.25, 0.3) is 5.91 Å². The third-order valence-corrected chi connectivity index (χ3v) is 5.93. The lowest BCUT2D eigenvalue weighted by molar-refractivity contribution is 0.102. The lowest BCUT2D eigenvalue weighted by Gasteiger charge is -2.13. The lowest BCUT2D eigenvalue weighted by atomic mass is 10.1. The van der Waals surface area contributed by atoms with Crippen LogP contribution >= 0.6 is 23.2 Å². The highest BCUT2D eigenvalue weighted by Crippen LogP contribution is 2.29. The molecular formula is C19H22Cl2N2O4S. The molecule has 1 amide bonds. The Morgan fingerprint density at radius 2 is 1.86 bits per heavy atom. The summed E-state index contributed by atoms with van der Waals surface area (Å²) in [6.07, 6.45) is 0. The summed E-state index contributed by atoms with van der Waals surface area (Å²) in [5.41, 5.74) is 1.42. The van der Waals surface area contributed by atoms with E-state index in [0.29, 0.717) is 12.3 Å². The van der Waals surface area contributed by atoms with Crippen molar-refractivity contribution in [2.24, 2.45) is 5.92 Å². The van der Waals surface area contributed by atoms with E-state index in [2.05, 4.69) is 10.0 Å². The van der Waals surface area contributed by atoms with Crippen LogP contribution in [0.3, 0.4) is 0 Å². The Morgan fingerprint density at radius 3 is 2.50 bits per heavy atom. The topological polar surface area (TPSA) is 84.5 Å². The predicted molar refractivity (Wildman–Crippen MR) is 112 cm³/mol. The average Bonchev–Trinajstić information content (AvgIpc) is 2.60. The third kappa shape index (κ3) is 5.93. The molecule has 9 heteroatoms. The zero-order valence-electron chi connectivity index (χ0n) is 15.8. The van der Waals surface area contributed by atoms with Gasteiger partial charge < -0.3 is 10.1 Å². The van der Waals surface area contributed by atoms with Crippen LogP contribution in [0.5, 0.6) is 0 Å². The first-order valence-electron chi connectivity index (χ1n) is 8.52. The van der Waals surface area contributed by atoms with Crippen LogP contribution in [0.25, 0.3) is 0 Å². The van der Waals surface area contributed by atoms with E-state index in [0.717, 1.165) is 5.56 Å². The second-order valence-electron chi connectivity index (χ2n) is 6.60. The number of carbonyl (C=O) groups excluding carboxylic acids is 1. The molecule has 0 aliphatic heterocycles. The number of sulfonamides is 1. The van der Waals surface area contributed by atoms with Crippen molar-refractivity contribution in [2.45, 2.75) is 25.3 Å². The van der Waals surface area contributed by atoms with Gasteiger partial charge in [-0.05, 0) is 35.7 Å². The van der Waals surface area contributed by atoms with E-state index < -0.39 is 15.9 Å². The number of anilines is 1. The molecule has 6 nitrogen and oxygen atoms in total. The average molecular weight is 445 g/mol. The summed E-state index contributed by atoms with van der Waals surface area (Å²) in [5.74, 6) is -0.431. The van der Waals surface area contributed by atoms with Crippen molar-refractivity contribution >= 4 is 44.8 Å². The van der Waals surface area contributed by atoms with Gasteiger partial charge in [0.2, 0.25) is 10.0 Å². The Bertz CT molecular complexity index is 962. The smallest absolute Gasteiger partial charge is 0.257 e. The fraction of sp³-hybridized carbons (Fsp3) is 0.316. The zero-order chi connectivity index (χ0) is 20.9. The Kier molecular flexibility index (Phi) is 7.86. The quantitative estimate of drug-likeness (QED) is 0.634. The summed E-state index contributed by atoms with van der Waals surface area (Å²) >= 11 is 12.2. The van der Waals surface area contributed by atoms with Gasteiger partial charge in [-0.25, -0.2) is 13.1 Å². The molecule has 2 aromatic rings. The first-order chi connectivity index (χ1) is 13.1. The normalized spacial score (nSPS) is 11.6. The van der Waals surface area contributed by atoms with Gasteiger partial charge in [0, 0.05) is 19.3 Å². The highest BCUT2D eigenvalue weighted by Gasteiger charge is 2.23. The fourth-order valence-corrected chi connectivity index (χ4v) is 4.44. The first-order valence-corrected chi connectivity index (χ1v) is 10.8. The SMILES string of the molecule is COCc1cccc(NC(=O)c2cc(S(=O)(=O)NCC(C)C)c(Cl)cc2Cl)c1. The zero-order valence-corrected chi connectivity index (χ0v) is 18.1. The van der Waals surface area contributed by atoms with E-state index in [1.807, 2.05) is 19.9 Å². The maximum atomic E-state index is 12.7. The Labute approximate surface area is 175 Å². The van der Waals surface area contributed by atoms with Gasteiger partial charge in [-0.15, -0.1) is 0 Å². The van der Waals surface area contributed by atoms with Gasteiger partial charge in [-0.1, -0.05) is 49.2 Å². The van der Waals surface area contributed by atoms with E-state index in [1.165, 1.54) is 12.1 Å². The second kappa shape index (κ2) is 9.71. The summed E-state index contributed by atoms with van der Waals surface area (Å²) in [7, 11) is -2.31. The standard InChI is InChI=1S/C19H22Cl2N2O4S/c1-12(2)10-22-28(25,26)18-8-15(16(20)9-17(18)21)19(24)23-14-6-4-5-13(7-14)11-27-3/h4-9,12,22H,10-11H2,1-3H3,(H,23,24).